The van der Waals surface area contributed by atoms with Gasteiger partial charge in [0.15, 0.2) is 11.5 Å². The van der Waals surface area contributed by atoms with Gasteiger partial charge in [0.05, 0.1) is 5.56 Å². The van der Waals surface area contributed by atoms with Crippen molar-refractivity contribution < 1.29 is 49.9 Å². The van der Waals surface area contributed by atoms with Crippen molar-refractivity contribution in [2.24, 2.45) is 5.92 Å². The Morgan fingerprint density at radius 2 is 1.87 bits per heavy atom. The van der Waals surface area contributed by atoms with Crippen LogP contribution in [0.1, 0.15) is 42.5 Å². The van der Waals surface area contributed by atoms with Gasteiger partial charge in [-0.15, -0.1) is 13.2 Å². The van der Waals surface area contributed by atoms with Gasteiger partial charge in [-0.05, 0) is 31.0 Å². The first-order valence-corrected chi connectivity index (χ1v) is 10.8. The van der Waals surface area contributed by atoms with Crippen LogP contribution in [0.2, 0.25) is 0 Å². The molecule has 8 nitrogen and oxygen atoms in total. The highest BCUT2D eigenvalue weighted by atomic mass is 32.2. The highest BCUT2D eigenvalue weighted by Crippen LogP contribution is 2.36. The van der Waals surface area contributed by atoms with Crippen molar-refractivity contribution in [1.82, 2.24) is 0 Å². The Morgan fingerprint density at radius 3 is 2.43 bits per heavy atom. The summed E-state index contributed by atoms with van der Waals surface area (Å²) in [5.74, 6) is -2.88. The lowest BCUT2D eigenvalue weighted by atomic mass is 9.89. The second-order valence-electron chi connectivity index (χ2n) is 6.75. The third-order valence-electron chi connectivity index (χ3n) is 4.49. The van der Waals surface area contributed by atoms with E-state index in [4.69, 9.17) is 18.8 Å². The highest BCUT2D eigenvalue weighted by molar-refractivity contribution is 7.85. The lowest BCUT2D eigenvalue weighted by Crippen LogP contribution is -2.31. The second kappa shape index (κ2) is 10.3. The first-order valence-electron chi connectivity index (χ1n) is 9.20. The summed E-state index contributed by atoms with van der Waals surface area (Å²) in [5.41, 5.74) is -0.187. The summed E-state index contributed by atoms with van der Waals surface area (Å²) in [4.78, 5) is 12.1. The van der Waals surface area contributed by atoms with E-state index in [2.05, 4.69) is 4.74 Å². The van der Waals surface area contributed by atoms with Crippen LogP contribution in [0, 0.1) is 5.92 Å². The van der Waals surface area contributed by atoms with Crippen LogP contribution in [0.15, 0.2) is 18.2 Å². The van der Waals surface area contributed by atoms with E-state index in [1.54, 1.807) is 0 Å². The molecule has 1 saturated carbocycles. The number of alkyl halides is 3. The third kappa shape index (κ3) is 8.00. The minimum Gasteiger partial charge on any atom is -0.461 e. The molecule has 1 aliphatic carbocycles. The molecule has 0 spiro atoms. The molecule has 1 atom stereocenters. The molecular formula is C18H23F3O8S. The van der Waals surface area contributed by atoms with Gasteiger partial charge < -0.3 is 18.9 Å². The van der Waals surface area contributed by atoms with Gasteiger partial charge in [0.1, 0.15) is 12.4 Å². The Balaban J connectivity index is 2.22. The zero-order chi connectivity index (χ0) is 22.4. The summed E-state index contributed by atoms with van der Waals surface area (Å²) < 4.78 is 88.0. The topological polar surface area (TPSA) is 108 Å². The number of carbonyl (C=O) groups is 1. The molecule has 0 aromatic heterocycles. The fraction of sp³-hybridized carbons (Fsp3) is 0.611. The average molecular weight is 456 g/mol. The van der Waals surface area contributed by atoms with Crippen LogP contribution in [0.5, 0.6) is 11.5 Å². The van der Waals surface area contributed by atoms with Crippen molar-refractivity contribution in [3.8, 4) is 11.5 Å². The lowest BCUT2D eigenvalue weighted by Gasteiger charge is -2.30. The Bertz CT molecular complexity index is 819. The van der Waals surface area contributed by atoms with E-state index < -0.39 is 46.8 Å². The molecule has 1 aliphatic rings. The molecule has 1 aromatic carbocycles. The van der Waals surface area contributed by atoms with Crippen LogP contribution >= 0.6 is 0 Å². The van der Waals surface area contributed by atoms with Crippen molar-refractivity contribution in [1.29, 1.82) is 0 Å². The minimum atomic E-state index is -4.98. The number of methoxy groups -OCH3 is 1. The van der Waals surface area contributed by atoms with Crippen LogP contribution in [0.4, 0.5) is 13.2 Å². The van der Waals surface area contributed by atoms with E-state index in [0.717, 1.165) is 50.3 Å². The maximum atomic E-state index is 12.8. The van der Waals surface area contributed by atoms with Gasteiger partial charge in [0.2, 0.25) is 6.29 Å². The largest absolute Gasteiger partial charge is 0.573 e. The number of esters is 1. The molecular weight excluding hydrogens is 433 g/mol. The molecule has 1 unspecified atom stereocenters. The fourth-order valence-corrected chi connectivity index (χ4v) is 3.42. The van der Waals surface area contributed by atoms with E-state index in [-0.39, 0.29) is 17.2 Å². The number of carbonyl (C=O) groups excluding carboxylic acids is 1. The summed E-state index contributed by atoms with van der Waals surface area (Å²) in [7, 11) is -2.96. The molecule has 30 heavy (non-hydrogen) atoms. The standard InChI is InChI=1S/C18H23F3O8S/c1-26-17(12-5-3-2-4-6-12)28-15-11-13(7-8-14(15)29-18(19,20)21)16(22)27-9-10-30(23,24)25/h7-8,11-12,17H,2-6,9-10H2,1H3,(H,23,24,25). The first-order chi connectivity index (χ1) is 14.0. The zero-order valence-corrected chi connectivity index (χ0v) is 17.0. The quantitative estimate of drug-likeness (QED) is 0.341. The van der Waals surface area contributed by atoms with Gasteiger partial charge in [-0.1, -0.05) is 19.3 Å². The molecule has 2 rings (SSSR count). The first kappa shape index (κ1) is 24.2. The van der Waals surface area contributed by atoms with Crippen molar-refractivity contribution in [2.45, 2.75) is 44.8 Å². The minimum absolute atomic E-state index is 0.0344. The van der Waals surface area contributed by atoms with Gasteiger partial charge in [0.25, 0.3) is 10.1 Å². The summed E-state index contributed by atoms with van der Waals surface area (Å²) in [6, 6.07) is 2.92. The molecule has 0 saturated heterocycles. The van der Waals surface area contributed by atoms with Gasteiger partial charge in [-0.2, -0.15) is 8.42 Å². The van der Waals surface area contributed by atoms with Crippen LogP contribution < -0.4 is 9.47 Å². The third-order valence-corrected chi connectivity index (χ3v) is 5.17. The summed E-state index contributed by atoms with van der Waals surface area (Å²) >= 11 is 0. The van der Waals surface area contributed by atoms with Crippen molar-refractivity contribution in [2.75, 3.05) is 19.5 Å². The number of benzene rings is 1. The van der Waals surface area contributed by atoms with Crippen LogP contribution in [0.3, 0.4) is 0 Å². The molecule has 1 fully saturated rings. The average Bonchev–Trinajstić information content (AvgIpc) is 2.65. The van der Waals surface area contributed by atoms with Crippen LogP contribution in [-0.2, 0) is 19.6 Å². The normalized spacial score (nSPS) is 16.7. The maximum absolute atomic E-state index is 12.8. The predicted octanol–water partition coefficient (Wildman–Crippen LogP) is 3.56. The number of hydrogen-bond donors (Lipinski definition) is 1. The predicted molar refractivity (Wildman–Crippen MR) is 97.8 cm³/mol. The van der Waals surface area contributed by atoms with E-state index in [9.17, 15) is 26.4 Å². The number of halogens is 3. The zero-order valence-electron chi connectivity index (χ0n) is 16.2. The Morgan fingerprint density at radius 1 is 1.20 bits per heavy atom. The van der Waals surface area contributed by atoms with Crippen molar-refractivity contribution >= 4 is 16.1 Å². The molecule has 0 radical (unpaired) electrons. The van der Waals surface area contributed by atoms with Crippen LogP contribution in [0.25, 0.3) is 0 Å². The SMILES string of the molecule is COC(Oc1cc(C(=O)OCCS(=O)(=O)O)ccc1OC(F)(F)F)C1CCCCC1. The lowest BCUT2D eigenvalue weighted by molar-refractivity contribution is -0.275. The van der Waals surface area contributed by atoms with Crippen molar-refractivity contribution in [3.05, 3.63) is 23.8 Å². The van der Waals surface area contributed by atoms with E-state index in [1.165, 1.54) is 7.11 Å². The van der Waals surface area contributed by atoms with Gasteiger partial charge in [-0.3, -0.25) is 4.55 Å². The van der Waals surface area contributed by atoms with Gasteiger partial charge >= 0.3 is 12.3 Å². The summed E-state index contributed by atoms with van der Waals surface area (Å²) in [6.45, 7) is -0.628. The maximum Gasteiger partial charge on any atom is 0.573 e. The van der Waals surface area contributed by atoms with Crippen molar-refractivity contribution in [3.63, 3.8) is 0 Å². The molecule has 0 heterocycles. The Labute approximate surface area is 172 Å². The van der Waals surface area contributed by atoms with Gasteiger partial charge in [0, 0.05) is 13.0 Å². The van der Waals surface area contributed by atoms with E-state index in [0.29, 0.717) is 0 Å². The van der Waals surface area contributed by atoms with E-state index in [1.807, 2.05) is 0 Å². The number of hydrogen-bond acceptors (Lipinski definition) is 7. The Kier molecular flexibility index (Phi) is 8.33. The Hall–Kier alpha value is -2.05. The van der Waals surface area contributed by atoms with E-state index >= 15 is 0 Å². The van der Waals surface area contributed by atoms with Crippen LogP contribution in [-0.4, -0.2) is 51.1 Å². The number of ether oxygens (including phenoxy) is 4. The highest BCUT2D eigenvalue weighted by Gasteiger charge is 2.34. The molecule has 12 heteroatoms. The summed E-state index contributed by atoms with van der Waals surface area (Å²) in [6.07, 6.45) is -1.31. The van der Waals surface area contributed by atoms with Gasteiger partial charge in [-0.25, -0.2) is 4.79 Å². The smallest absolute Gasteiger partial charge is 0.461 e. The molecule has 170 valence electrons. The molecule has 0 bridgehead atoms. The number of rotatable bonds is 9. The molecule has 1 N–H and O–H groups in total. The monoisotopic (exact) mass is 456 g/mol. The second-order valence-corrected chi connectivity index (χ2v) is 8.32. The molecule has 0 aliphatic heterocycles. The molecule has 0 amide bonds. The molecule has 1 aromatic rings. The summed E-state index contributed by atoms with van der Waals surface area (Å²) in [5, 5.41) is 0. The fourth-order valence-electron chi connectivity index (χ4n) is 3.13.